The van der Waals surface area contributed by atoms with Gasteiger partial charge in [0.15, 0.2) is 5.82 Å². The van der Waals surface area contributed by atoms with Gasteiger partial charge in [0.25, 0.3) is 0 Å². The van der Waals surface area contributed by atoms with Crippen molar-refractivity contribution >= 4 is 17.9 Å². The molecule has 0 spiro atoms. The summed E-state index contributed by atoms with van der Waals surface area (Å²) in [5.41, 5.74) is 0.00158. The number of rotatable bonds is 2. The van der Waals surface area contributed by atoms with Crippen LogP contribution in [0.1, 0.15) is 24.5 Å². The number of alkyl halides is 3. The van der Waals surface area contributed by atoms with Crippen molar-refractivity contribution in [1.82, 2.24) is 15.1 Å². The van der Waals surface area contributed by atoms with E-state index in [0.717, 1.165) is 17.7 Å². The van der Waals surface area contributed by atoms with E-state index in [0.29, 0.717) is 31.4 Å². The molecule has 0 bridgehead atoms. The Bertz CT molecular complexity index is 883. The number of piperidine rings is 1. The molecule has 0 saturated carbocycles. The number of benzene rings is 1. The van der Waals surface area contributed by atoms with Crippen molar-refractivity contribution in [2.45, 2.75) is 19.5 Å². The van der Waals surface area contributed by atoms with E-state index in [9.17, 15) is 22.4 Å². The Balaban J connectivity index is 1.70. The lowest BCUT2D eigenvalue weighted by molar-refractivity contribution is -0.137. The zero-order chi connectivity index (χ0) is 20.3. The summed E-state index contributed by atoms with van der Waals surface area (Å²) in [7, 11) is 0. The molecule has 0 aliphatic carbocycles. The second-order valence-electron chi connectivity index (χ2n) is 6.63. The molecular weight excluding hydrogens is 376 g/mol. The average molecular weight is 394 g/mol. The van der Waals surface area contributed by atoms with Crippen LogP contribution in [0, 0.1) is 11.7 Å². The first kappa shape index (κ1) is 19.8. The van der Waals surface area contributed by atoms with Crippen molar-refractivity contribution in [3.63, 3.8) is 0 Å². The number of carbonyl (C=O) groups is 1. The maximum atomic E-state index is 13.6. The highest BCUT2D eigenvalue weighted by molar-refractivity contribution is 5.88. The van der Waals surface area contributed by atoms with Crippen LogP contribution in [0.15, 0.2) is 42.1 Å². The predicted molar refractivity (Wildman–Crippen MR) is 95.8 cm³/mol. The van der Waals surface area contributed by atoms with Gasteiger partial charge in [-0.25, -0.2) is 9.18 Å². The molecule has 148 valence electrons. The van der Waals surface area contributed by atoms with Crippen LogP contribution in [-0.4, -0.2) is 34.2 Å². The van der Waals surface area contributed by atoms with E-state index >= 15 is 0 Å². The van der Waals surface area contributed by atoms with E-state index in [1.807, 2.05) is 6.92 Å². The SMILES string of the molecule is CC1CN(C(=O)Nc2cccnn2)CC/C1=C\c1cc(F)cc(C(F)(F)F)c1. The van der Waals surface area contributed by atoms with E-state index in [-0.39, 0.29) is 17.5 Å². The molecule has 0 radical (unpaired) electrons. The number of urea groups is 1. The van der Waals surface area contributed by atoms with Crippen LogP contribution in [0.3, 0.4) is 0 Å². The van der Waals surface area contributed by atoms with Crippen molar-refractivity contribution in [3.8, 4) is 0 Å². The molecule has 1 aromatic carbocycles. The van der Waals surface area contributed by atoms with E-state index in [4.69, 9.17) is 0 Å². The van der Waals surface area contributed by atoms with Gasteiger partial charge in [-0.3, -0.25) is 5.32 Å². The Morgan fingerprint density at radius 3 is 2.75 bits per heavy atom. The normalized spacial score (nSPS) is 19.0. The summed E-state index contributed by atoms with van der Waals surface area (Å²) in [6.07, 6.45) is -1.07. The number of likely N-dealkylation sites (tertiary alicyclic amines) is 1. The average Bonchev–Trinajstić information content (AvgIpc) is 2.63. The molecule has 2 amide bonds. The van der Waals surface area contributed by atoms with Crippen molar-refractivity contribution in [1.29, 1.82) is 0 Å². The first-order valence-electron chi connectivity index (χ1n) is 8.64. The number of anilines is 1. The minimum atomic E-state index is -4.61. The van der Waals surface area contributed by atoms with Crippen LogP contribution in [0.2, 0.25) is 0 Å². The fourth-order valence-corrected chi connectivity index (χ4v) is 3.08. The lowest BCUT2D eigenvalue weighted by Crippen LogP contribution is -2.42. The van der Waals surface area contributed by atoms with Crippen molar-refractivity contribution < 1.29 is 22.4 Å². The Morgan fingerprint density at radius 1 is 1.32 bits per heavy atom. The topological polar surface area (TPSA) is 58.1 Å². The molecule has 1 fully saturated rings. The molecule has 1 N–H and O–H groups in total. The molecule has 1 saturated heterocycles. The minimum Gasteiger partial charge on any atom is -0.324 e. The lowest BCUT2D eigenvalue weighted by Gasteiger charge is -2.33. The monoisotopic (exact) mass is 394 g/mol. The number of halogens is 4. The summed E-state index contributed by atoms with van der Waals surface area (Å²) in [6, 6.07) is 5.42. The number of carbonyl (C=O) groups excluding carboxylic acids is 1. The zero-order valence-electron chi connectivity index (χ0n) is 15.0. The molecule has 2 aromatic rings. The van der Waals surface area contributed by atoms with Gasteiger partial charge < -0.3 is 4.90 Å². The van der Waals surface area contributed by atoms with Crippen LogP contribution in [0.4, 0.5) is 28.2 Å². The Kier molecular flexibility index (Phi) is 5.62. The van der Waals surface area contributed by atoms with Gasteiger partial charge in [-0.05, 0) is 48.2 Å². The second-order valence-corrected chi connectivity index (χ2v) is 6.63. The molecule has 1 atom stereocenters. The van der Waals surface area contributed by atoms with Gasteiger partial charge in [0.1, 0.15) is 5.82 Å². The highest BCUT2D eigenvalue weighted by atomic mass is 19.4. The summed E-state index contributed by atoms with van der Waals surface area (Å²) in [5, 5.41) is 10.1. The van der Waals surface area contributed by atoms with Gasteiger partial charge in [-0.1, -0.05) is 18.6 Å². The van der Waals surface area contributed by atoms with Gasteiger partial charge in [-0.15, -0.1) is 5.10 Å². The third kappa shape index (κ3) is 4.85. The van der Waals surface area contributed by atoms with E-state index in [1.165, 1.54) is 6.20 Å². The van der Waals surface area contributed by atoms with Gasteiger partial charge >= 0.3 is 12.2 Å². The molecule has 28 heavy (non-hydrogen) atoms. The third-order valence-electron chi connectivity index (χ3n) is 4.49. The molecule has 5 nitrogen and oxygen atoms in total. The zero-order valence-corrected chi connectivity index (χ0v) is 15.0. The number of nitrogens with zero attached hydrogens (tertiary/aromatic N) is 3. The summed E-state index contributed by atoms with van der Waals surface area (Å²) >= 11 is 0. The van der Waals surface area contributed by atoms with Crippen LogP contribution in [-0.2, 0) is 6.18 Å². The van der Waals surface area contributed by atoms with Gasteiger partial charge in [-0.2, -0.15) is 18.3 Å². The largest absolute Gasteiger partial charge is 0.416 e. The summed E-state index contributed by atoms with van der Waals surface area (Å²) in [4.78, 5) is 13.9. The fourth-order valence-electron chi connectivity index (χ4n) is 3.08. The first-order chi connectivity index (χ1) is 13.2. The highest BCUT2D eigenvalue weighted by Gasteiger charge is 2.31. The van der Waals surface area contributed by atoms with Crippen LogP contribution >= 0.6 is 0 Å². The summed E-state index contributed by atoms with van der Waals surface area (Å²) in [6.45, 7) is 2.65. The maximum absolute atomic E-state index is 13.6. The van der Waals surface area contributed by atoms with Gasteiger partial charge in [0.05, 0.1) is 5.56 Å². The molecule has 1 aliphatic rings. The Morgan fingerprint density at radius 2 is 2.11 bits per heavy atom. The minimum absolute atomic E-state index is 0.0843. The number of nitrogens with one attached hydrogen (secondary N) is 1. The molecule has 1 aromatic heterocycles. The standard InChI is InChI=1S/C19H18F4N4O/c1-12-11-27(18(28)25-17-3-2-5-24-26-17)6-4-14(12)7-13-8-15(19(21,22)23)10-16(20)9-13/h2-3,5,7-10,12H,4,6,11H2,1H3,(H,25,26,28)/b14-7+. The number of aromatic nitrogens is 2. The van der Waals surface area contributed by atoms with E-state index in [1.54, 1.807) is 23.1 Å². The number of amides is 2. The van der Waals surface area contributed by atoms with Crippen LogP contribution in [0.5, 0.6) is 0 Å². The van der Waals surface area contributed by atoms with E-state index < -0.39 is 17.6 Å². The molecule has 1 aliphatic heterocycles. The molecular formula is C19H18F4N4O. The van der Waals surface area contributed by atoms with Crippen molar-refractivity contribution in [3.05, 3.63) is 59.0 Å². The Labute approximate surface area is 159 Å². The van der Waals surface area contributed by atoms with Crippen LogP contribution in [0.25, 0.3) is 6.08 Å². The van der Waals surface area contributed by atoms with Crippen molar-refractivity contribution in [2.24, 2.45) is 5.92 Å². The van der Waals surface area contributed by atoms with Gasteiger partial charge in [0.2, 0.25) is 0 Å². The lowest BCUT2D eigenvalue weighted by atomic mass is 9.91. The summed E-state index contributed by atoms with van der Waals surface area (Å²) in [5.74, 6) is -0.685. The molecule has 3 rings (SSSR count). The molecule has 2 heterocycles. The first-order valence-corrected chi connectivity index (χ1v) is 8.64. The predicted octanol–water partition coefficient (Wildman–Crippen LogP) is 4.59. The number of hydrogen-bond acceptors (Lipinski definition) is 3. The Hall–Kier alpha value is -2.97. The molecule has 9 heteroatoms. The van der Waals surface area contributed by atoms with E-state index in [2.05, 4.69) is 15.5 Å². The van der Waals surface area contributed by atoms with Gasteiger partial charge in [0, 0.05) is 19.3 Å². The third-order valence-corrected chi connectivity index (χ3v) is 4.49. The maximum Gasteiger partial charge on any atom is 0.416 e. The second kappa shape index (κ2) is 7.95. The quantitative estimate of drug-likeness (QED) is 0.758. The molecule has 1 unspecified atom stereocenters. The number of hydrogen-bond donors (Lipinski definition) is 1. The van der Waals surface area contributed by atoms with Crippen molar-refractivity contribution in [2.75, 3.05) is 18.4 Å². The highest BCUT2D eigenvalue weighted by Crippen LogP contribution is 2.32. The smallest absolute Gasteiger partial charge is 0.324 e. The van der Waals surface area contributed by atoms with Crippen LogP contribution < -0.4 is 5.32 Å². The summed E-state index contributed by atoms with van der Waals surface area (Å²) < 4.78 is 52.2. The fraction of sp³-hybridized carbons (Fsp3) is 0.316.